The van der Waals surface area contributed by atoms with Crippen molar-refractivity contribution in [1.82, 2.24) is 0 Å². The van der Waals surface area contributed by atoms with Crippen molar-refractivity contribution in [2.75, 3.05) is 6.61 Å². The van der Waals surface area contributed by atoms with E-state index in [1.54, 1.807) is 0 Å². The van der Waals surface area contributed by atoms with Gasteiger partial charge in [-0.25, -0.2) is 0 Å². The first-order valence-corrected chi connectivity index (χ1v) is 7.91. The number of rotatable bonds is 10. The zero-order valence-corrected chi connectivity index (χ0v) is 13.8. The van der Waals surface area contributed by atoms with Crippen molar-refractivity contribution in [3.63, 3.8) is 0 Å². The lowest BCUT2D eigenvalue weighted by Crippen LogP contribution is -2.30. The molecule has 0 aromatic heterocycles. The number of hydrogen-bond acceptors (Lipinski definition) is 1. The normalized spacial score (nSPS) is 13.0. The van der Waals surface area contributed by atoms with Gasteiger partial charge >= 0.3 is 0 Å². The molecule has 18 heavy (non-hydrogen) atoms. The summed E-state index contributed by atoms with van der Waals surface area (Å²) in [6, 6.07) is 0. The van der Waals surface area contributed by atoms with Crippen LogP contribution in [-0.2, 0) is 4.74 Å². The van der Waals surface area contributed by atoms with Gasteiger partial charge in [0.05, 0.1) is 5.60 Å². The topological polar surface area (TPSA) is 9.23 Å². The Kier molecular flexibility index (Phi) is 8.94. The Morgan fingerprint density at radius 3 is 1.72 bits per heavy atom. The molecule has 0 aromatic rings. The molecule has 0 bridgehead atoms. The third-order valence-electron chi connectivity index (χ3n) is 3.20. The van der Waals surface area contributed by atoms with Gasteiger partial charge in [-0.15, -0.1) is 0 Å². The molecule has 0 rings (SSSR count). The lowest BCUT2D eigenvalue weighted by molar-refractivity contribution is -0.0445. The van der Waals surface area contributed by atoms with Gasteiger partial charge in [0, 0.05) is 6.61 Å². The van der Waals surface area contributed by atoms with Crippen molar-refractivity contribution in [2.45, 2.75) is 98.5 Å². The van der Waals surface area contributed by atoms with Crippen molar-refractivity contribution in [3.8, 4) is 0 Å². The molecular weight excluding hydrogens is 220 g/mol. The highest BCUT2D eigenvalue weighted by Gasteiger charge is 2.25. The van der Waals surface area contributed by atoms with Crippen molar-refractivity contribution in [3.05, 3.63) is 0 Å². The molecule has 0 heterocycles. The first-order chi connectivity index (χ1) is 8.27. The van der Waals surface area contributed by atoms with Gasteiger partial charge in [-0.1, -0.05) is 66.2 Å². The predicted octanol–water partition coefficient (Wildman–Crippen LogP) is 5.97. The lowest BCUT2D eigenvalue weighted by atomic mass is 9.83. The first kappa shape index (κ1) is 18.0. The van der Waals surface area contributed by atoms with Gasteiger partial charge in [0.25, 0.3) is 0 Å². The molecule has 110 valence electrons. The summed E-state index contributed by atoms with van der Waals surface area (Å²) in [6.07, 6.45) is 10.6. The summed E-state index contributed by atoms with van der Waals surface area (Å²) < 4.78 is 6.03. The Hall–Kier alpha value is -0.0400. The Morgan fingerprint density at radius 2 is 1.22 bits per heavy atom. The number of hydrogen-bond donors (Lipinski definition) is 0. The molecule has 1 nitrogen and oxygen atoms in total. The Bertz CT molecular complexity index is 188. The van der Waals surface area contributed by atoms with Crippen LogP contribution in [0.4, 0.5) is 0 Å². The quantitative estimate of drug-likeness (QED) is 0.438. The van der Waals surface area contributed by atoms with Crippen molar-refractivity contribution >= 4 is 0 Å². The second-order valence-electron chi connectivity index (χ2n) is 7.47. The largest absolute Gasteiger partial charge is 0.376 e. The highest BCUT2D eigenvalue weighted by molar-refractivity contribution is 4.76. The lowest BCUT2D eigenvalue weighted by Gasteiger charge is -2.32. The molecule has 0 saturated heterocycles. The summed E-state index contributed by atoms with van der Waals surface area (Å²) in [6.45, 7) is 14.5. The van der Waals surface area contributed by atoms with E-state index in [0.717, 1.165) is 13.0 Å². The molecule has 0 aliphatic carbocycles. The van der Waals surface area contributed by atoms with E-state index in [2.05, 4.69) is 41.5 Å². The van der Waals surface area contributed by atoms with Crippen molar-refractivity contribution in [2.24, 2.45) is 5.41 Å². The van der Waals surface area contributed by atoms with E-state index in [-0.39, 0.29) is 5.60 Å². The van der Waals surface area contributed by atoms with Gasteiger partial charge in [0.2, 0.25) is 0 Å². The van der Waals surface area contributed by atoms with Crippen LogP contribution in [0.3, 0.4) is 0 Å². The maximum atomic E-state index is 6.03. The molecule has 0 aromatic carbocycles. The minimum Gasteiger partial charge on any atom is -0.376 e. The van der Waals surface area contributed by atoms with E-state index in [9.17, 15) is 0 Å². The highest BCUT2D eigenvalue weighted by Crippen LogP contribution is 2.29. The van der Waals surface area contributed by atoms with E-state index in [4.69, 9.17) is 4.74 Å². The van der Waals surface area contributed by atoms with Crippen LogP contribution < -0.4 is 0 Å². The van der Waals surface area contributed by atoms with Crippen LogP contribution in [0.2, 0.25) is 0 Å². The molecule has 0 amide bonds. The molecule has 0 radical (unpaired) electrons. The maximum Gasteiger partial charge on any atom is 0.0631 e. The SMILES string of the molecule is CCCCCCCCCOC(C)(C)CC(C)(C)C. The van der Waals surface area contributed by atoms with Gasteiger partial charge in [-0.05, 0) is 32.1 Å². The van der Waals surface area contributed by atoms with E-state index >= 15 is 0 Å². The maximum absolute atomic E-state index is 6.03. The van der Waals surface area contributed by atoms with Gasteiger partial charge in [-0.2, -0.15) is 0 Å². The molecule has 1 heteroatoms. The first-order valence-electron chi connectivity index (χ1n) is 7.91. The second-order valence-corrected chi connectivity index (χ2v) is 7.47. The van der Waals surface area contributed by atoms with Crippen LogP contribution in [0, 0.1) is 5.41 Å². The van der Waals surface area contributed by atoms with Crippen molar-refractivity contribution in [1.29, 1.82) is 0 Å². The predicted molar refractivity (Wildman–Crippen MR) is 82.1 cm³/mol. The summed E-state index contributed by atoms with van der Waals surface area (Å²) in [5.74, 6) is 0. The van der Waals surface area contributed by atoms with Gasteiger partial charge < -0.3 is 4.74 Å². The fourth-order valence-electron chi connectivity index (χ4n) is 2.74. The average molecular weight is 256 g/mol. The van der Waals surface area contributed by atoms with Crippen LogP contribution in [0.5, 0.6) is 0 Å². The number of unbranched alkanes of at least 4 members (excludes halogenated alkanes) is 6. The monoisotopic (exact) mass is 256 g/mol. The summed E-state index contributed by atoms with van der Waals surface area (Å²) in [7, 11) is 0. The minimum absolute atomic E-state index is 0.0282. The summed E-state index contributed by atoms with van der Waals surface area (Å²) in [5.41, 5.74) is 0.379. The molecule has 0 N–H and O–H groups in total. The molecule has 0 aliphatic rings. The fraction of sp³-hybridized carbons (Fsp3) is 1.00. The second kappa shape index (κ2) is 8.96. The Balaban J connectivity index is 3.47. The highest BCUT2D eigenvalue weighted by atomic mass is 16.5. The third-order valence-corrected chi connectivity index (χ3v) is 3.20. The van der Waals surface area contributed by atoms with Crippen LogP contribution in [0.1, 0.15) is 92.9 Å². The molecule has 0 aliphatic heterocycles. The summed E-state index contributed by atoms with van der Waals surface area (Å²) >= 11 is 0. The standard InChI is InChI=1S/C17H36O/c1-7-8-9-10-11-12-13-14-18-17(5,6)15-16(2,3)4/h7-15H2,1-6H3. The van der Waals surface area contributed by atoms with E-state index in [1.165, 1.54) is 44.9 Å². The van der Waals surface area contributed by atoms with Crippen LogP contribution in [-0.4, -0.2) is 12.2 Å². The smallest absolute Gasteiger partial charge is 0.0631 e. The third kappa shape index (κ3) is 12.4. The van der Waals surface area contributed by atoms with Gasteiger partial charge in [-0.3, -0.25) is 0 Å². The van der Waals surface area contributed by atoms with Crippen molar-refractivity contribution < 1.29 is 4.74 Å². The van der Waals surface area contributed by atoms with Gasteiger partial charge in [0.15, 0.2) is 0 Å². The minimum atomic E-state index is 0.0282. The molecule has 0 fully saturated rings. The Morgan fingerprint density at radius 1 is 0.722 bits per heavy atom. The average Bonchev–Trinajstić information content (AvgIpc) is 2.18. The summed E-state index contributed by atoms with van der Waals surface area (Å²) in [4.78, 5) is 0. The molecule has 0 spiro atoms. The van der Waals surface area contributed by atoms with Crippen LogP contribution in [0.25, 0.3) is 0 Å². The molecule has 0 unspecified atom stereocenters. The van der Waals surface area contributed by atoms with Crippen LogP contribution >= 0.6 is 0 Å². The Labute approximate surface area is 116 Å². The fourth-order valence-corrected chi connectivity index (χ4v) is 2.74. The summed E-state index contributed by atoms with van der Waals surface area (Å²) in [5, 5.41) is 0. The number of ether oxygens (including phenoxy) is 1. The zero-order valence-electron chi connectivity index (χ0n) is 13.8. The molecule has 0 saturated carbocycles. The van der Waals surface area contributed by atoms with E-state index in [1.807, 2.05) is 0 Å². The molecule has 0 atom stereocenters. The van der Waals surface area contributed by atoms with E-state index in [0.29, 0.717) is 5.41 Å². The van der Waals surface area contributed by atoms with Gasteiger partial charge in [0.1, 0.15) is 0 Å². The van der Waals surface area contributed by atoms with Crippen LogP contribution in [0.15, 0.2) is 0 Å². The van der Waals surface area contributed by atoms with E-state index < -0.39 is 0 Å². The zero-order chi connectivity index (χ0) is 14.1. The molecular formula is C17H36O.